The van der Waals surface area contributed by atoms with E-state index in [4.69, 9.17) is 24.1 Å². The topological polar surface area (TPSA) is 132 Å². The molecule has 10 nitrogen and oxygen atoms in total. The molecule has 0 unspecified atom stereocenters. The molecule has 0 heterocycles. The van der Waals surface area contributed by atoms with Gasteiger partial charge in [-0.2, -0.15) is 0 Å². The number of benzene rings is 4. The van der Waals surface area contributed by atoms with Crippen molar-refractivity contribution in [2.45, 2.75) is 38.0 Å². The van der Waals surface area contributed by atoms with Crippen LogP contribution < -0.4 is 9.47 Å². The van der Waals surface area contributed by atoms with Crippen molar-refractivity contribution in [3.63, 3.8) is 0 Å². The van der Waals surface area contributed by atoms with Gasteiger partial charge in [-0.05, 0) is 77.5 Å². The third-order valence-electron chi connectivity index (χ3n) is 7.79. The van der Waals surface area contributed by atoms with E-state index in [2.05, 4.69) is 32.6 Å². The number of rotatable bonds is 17. The Morgan fingerprint density at radius 3 is 2.23 bits per heavy atom. The van der Waals surface area contributed by atoms with Crippen molar-refractivity contribution in [2.24, 2.45) is 0 Å². The number of aliphatic carboxylic acids is 1. The summed E-state index contributed by atoms with van der Waals surface area (Å²) in [6, 6.07) is 21.4. The largest absolute Gasteiger partial charge is 0.508 e. The second kappa shape index (κ2) is 16.3. The van der Waals surface area contributed by atoms with Crippen LogP contribution in [0.1, 0.15) is 33.3 Å². The molecule has 0 amide bonds. The second-order valence-corrected chi connectivity index (χ2v) is 14.5. The summed E-state index contributed by atoms with van der Waals surface area (Å²) >= 11 is 0. The van der Waals surface area contributed by atoms with Crippen molar-refractivity contribution in [3.8, 4) is 34.1 Å². The van der Waals surface area contributed by atoms with Crippen molar-refractivity contribution in [1.29, 1.82) is 0 Å². The number of fused-ring (bicyclic) bond motifs is 1. The van der Waals surface area contributed by atoms with Crippen LogP contribution in [0.3, 0.4) is 0 Å². The predicted octanol–water partition coefficient (Wildman–Crippen LogP) is 6.52. The summed E-state index contributed by atoms with van der Waals surface area (Å²) in [4.78, 5) is 13.0. The summed E-state index contributed by atoms with van der Waals surface area (Å²) in [5, 5.41) is 20.4. The van der Waals surface area contributed by atoms with Crippen LogP contribution in [0, 0.1) is 0 Å². The van der Waals surface area contributed by atoms with Gasteiger partial charge in [0.15, 0.2) is 9.84 Å². The van der Waals surface area contributed by atoms with E-state index in [0.717, 1.165) is 39.8 Å². The highest BCUT2D eigenvalue weighted by atomic mass is 32.2. The van der Waals surface area contributed by atoms with Crippen LogP contribution in [0.25, 0.3) is 21.9 Å². The average Bonchev–Trinajstić information content (AvgIpc) is 3.03. The summed E-state index contributed by atoms with van der Waals surface area (Å²) in [6.45, 7) is 11.9. The Morgan fingerprint density at radius 1 is 0.854 bits per heavy atom. The van der Waals surface area contributed by atoms with E-state index in [1.54, 1.807) is 36.4 Å². The molecule has 258 valence electrons. The Bertz CT molecular complexity index is 1800. The van der Waals surface area contributed by atoms with Gasteiger partial charge < -0.3 is 29.2 Å². The number of phenols is 1. The minimum Gasteiger partial charge on any atom is -0.508 e. The van der Waals surface area contributed by atoms with Crippen LogP contribution >= 0.6 is 0 Å². The maximum atomic E-state index is 12.1. The van der Waals surface area contributed by atoms with Gasteiger partial charge in [0.1, 0.15) is 36.2 Å². The smallest absolute Gasteiger partial charge is 0.329 e. The third kappa shape index (κ3) is 10.2. The molecule has 0 atom stereocenters. The number of ether oxygens (including phenoxy) is 4. The summed E-state index contributed by atoms with van der Waals surface area (Å²) in [5.74, 6) is 1.11. The van der Waals surface area contributed by atoms with Gasteiger partial charge in [-0.15, -0.1) is 0 Å². The molecule has 0 saturated heterocycles. The first-order chi connectivity index (χ1) is 22.8. The number of carbonyl (C=O) groups is 1. The molecule has 4 aromatic rings. The first kappa shape index (κ1) is 36.7. The maximum absolute atomic E-state index is 12.1. The number of carboxylic acids is 1. The molecule has 0 aliphatic rings. The van der Waals surface area contributed by atoms with Gasteiger partial charge in [-0.1, -0.05) is 45.9 Å². The SMILES string of the molecule is CCN(CCOCCOCC(=O)O)CCOc1ccc(Oc2c(-c3ccc(S(C)(=O)=O)cc3)ccc3cc(O)ccc23)cc1C(C)(C)C. The minimum atomic E-state index is -3.35. The molecule has 0 bridgehead atoms. The Morgan fingerprint density at radius 2 is 1.56 bits per heavy atom. The number of hydrogen-bond donors (Lipinski definition) is 2. The van der Waals surface area contributed by atoms with E-state index in [1.807, 2.05) is 36.4 Å². The zero-order valence-electron chi connectivity index (χ0n) is 28.2. The molecule has 2 N–H and O–H groups in total. The lowest BCUT2D eigenvalue weighted by Crippen LogP contribution is -2.32. The summed E-state index contributed by atoms with van der Waals surface area (Å²) in [7, 11) is -3.35. The normalized spacial score (nSPS) is 12.0. The van der Waals surface area contributed by atoms with E-state index in [1.165, 1.54) is 6.26 Å². The quantitative estimate of drug-likeness (QED) is 0.119. The molecule has 4 aromatic carbocycles. The molecule has 11 heteroatoms. The highest BCUT2D eigenvalue weighted by Gasteiger charge is 2.22. The zero-order valence-corrected chi connectivity index (χ0v) is 29.0. The van der Waals surface area contributed by atoms with Gasteiger partial charge in [-0.25, -0.2) is 13.2 Å². The van der Waals surface area contributed by atoms with Crippen LogP contribution in [0.4, 0.5) is 0 Å². The minimum absolute atomic E-state index is 0.145. The predicted molar refractivity (Wildman–Crippen MR) is 186 cm³/mol. The van der Waals surface area contributed by atoms with Crippen LogP contribution in [0.5, 0.6) is 23.0 Å². The fraction of sp³-hybridized carbons (Fsp3) is 0.378. The molecule has 0 fully saturated rings. The molecular weight excluding hydrogens is 634 g/mol. The lowest BCUT2D eigenvalue weighted by atomic mass is 9.86. The zero-order chi connectivity index (χ0) is 34.9. The van der Waals surface area contributed by atoms with Crippen molar-refractivity contribution >= 4 is 26.6 Å². The second-order valence-electron chi connectivity index (χ2n) is 12.5. The van der Waals surface area contributed by atoms with Crippen molar-refractivity contribution in [1.82, 2.24) is 4.90 Å². The van der Waals surface area contributed by atoms with Gasteiger partial charge in [0.05, 0.1) is 24.7 Å². The number of nitrogens with zero attached hydrogens (tertiary/aromatic N) is 1. The number of likely N-dealkylation sites (N-methyl/N-ethyl adjacent to an activating group) is 1. The Kier molecular flexibility index (Phi) is 12.4. The first-order valence-electron chi connectivity index (χ1n) is 15.9. The van der Waals surface area contributed by atoms with E-state index in [9.17, 15) is 18.3 Å². The van der Waals surface area contributed by atoms with Gasteiger partial charge in [0.2, 0.25) is 0 Å². The molecule has 0 radical (unpaired) electrons. The molecule has 0 aliphatic carbocycles. The van der Waals surface area contributed by atoms with E-state index in [-0.39, 0.29) is 29.3 Å². The molecule has 0 saturated carbocycles. The number of phenolic OH excluding ortho intramolecular Hbond substituents is 1. The van der Waals surface area contributed by atoms with Gasteiger partial charge in [0, 0.05) is 35.9 Å². The van der Waals surface area contributed by atoms with Crippen molar-refractivity contribution in [2.75, 3.05) is 58.9 Å². The fourth-order valence-electron chi connectivity index (χ4n) is 5.20. The molecule has 0 aromatic heterocycles. The van der Waals surface area contributed by atoms with E-state index >= 15 is 0 Å². The Labute approximate surface area is 282 Å². The van der Waals surface area contributed by atoms with Gasteiger partial charge >= 0.3 is 5.97 Å². The van der Waals surface area contributed by atoms with Crippen molar-refractivity contribution in [3.05, 3.63) is 78.4 Å². The number of aromatic hydroxyl groups is 1. The average molecular weight is 680 g/mol. The van der Waals surface area contributed by atoms with Gasteiger partial charge in [-0.3, -0.25) is 4.90 Å². The van der Waals surface area contributed by atoms with Crippen LogP contribution in [0.2, 0.25) is 0 Å². The summed E-state index contributed by atoms with van der Waals surface area (Å²) < 4.78 is 47.6. The highest BCUT2D eigenvalue weighted by molar-refractivity contribution is 7.90. The summed E-state index contributed by atoms with van der Waals surface area (Å²) in [5.41, 5.74) is 2.29. The molecule has 0 spiro atoms. The summed E-state index contributed by atoms with van der Waals surface area (Å²) in [6.07, 6.45) is 1.18. The van der Waals surface area contributed by atoms with Gasteiger partial charge in [0.25, 0.3) is 0 Å². The Balaban J connectivity index is 1.52. The van der Waals surface area contributed by atoms with Crippen LogP contribution in [0.15, 0.2) is 77.7 Å². The fourth-order valence-corrected chi connectivity index (χ4v) is 5.83. The van der Waals surface area contributed by atoms with E-state index < -0.39 is 15.8 Å². The van der Waals surface area contributed by atoms with Crippen LogP contribution in [-0.2, 0) is 29.5 Å². The molecule has 0 aliphatic heterocycles. The lowest BCUT2D eigenvalue weighted by molar-refractivity contribution is -0.142. The number of hydrogen-bond acceptors (Lipinski definition) is 9. The first-order valence-corrected chi connectivity index (χ1v) is 17.8. The molecule has 4 rings (SSSR count). The third-order valence-corrected chi connectivity index (χ3v) is 8.92. The lowest BCUT2D eigenvalue weighted by Gasteiger charge is -2.25. The number of carboxylic acid groups (broad SMARTS) is 1. The monoisotopic (exact) mass is 679 g/mol. The molecule has 48 heavy (non-hydrogen) atoms. The number of sulfone groups is 1. The van der Waals surface area contributed by atoms with Crippen LogP contribution in [-0.4, -0.2) is 88.4 Å². The Hall–Kier alpha value is -4.16. The highest BCUT2D eigenvalue weighted by Crippen LogP contribution is 2.42. The molecular formula is C37H45NO9S. The maximum Gasteiger partial charge on any atom is 0.329 e. The standard InChI is InChI=1S/C37H45NO9S/c1-6-38(17-19-44-21-22-45-25-35(40)41)18-20-46-34-16-11-29(24-33(34)37(2,3)4)47-36-31(14-9-27-23-28(39)10-15-32(27)36)26-7-12-30(13-8-26)48(5,42)43/h7-16,23-24,39H,6,17-22,25H2,1-5H3,(H,40,41). The van der Waals surface area contributed by atoms with E-state index in [0.29, 0.717) is 44.4 Å². The van der Waals surface area contributed by atoms with Crippen molar-refractivity contribution < 1.29 is 42.4 Å².